The van der Waals surface area contributed by atoms with Crippen LogP contribution in [0.25, 0.3) is 0 Å². The summed E-state index contributed by atoms with van der Waals surface area (Å²) in [6.45, 7) is 0.399. The Labute approximate surface area is 167 Å². The third kappa shape index (κ3) is 2.65. The molecule has 146 valence electrons. The molecule has 0 saturated heterocycles. The third-order valence-corrected chi connectivity index (χ3v) is 5.97. The minimum absolute atomic E-state index is 0.0598. The minimum atomic E-state index is -0.654. The van der Waals surface area contributed by atoms with E-state index in [0.29, 0.717) is 6.54 Å². The highest BCUT2D eigenvalue weighted by molar-refractivity contribution is 5.95. The number of amides is 1. The van der Waals surface area contributed by atoms with Gasteiger partial charge in [-0.1, -0.05) is 30.3 Å². The Balaban J connectivity index is 1.79. The highest BCUT2D eigenvalue weighted by atomic mass is 16.3. The summed E-state index contributed by atoms with van der Waals surface area (Å²) >= 11 is 0. The Hall–Kier alpha value is -3.48. The lowest BCUT2D eigenvalue weighted by Gasteiger charge is -2.37. The quantitative estimate of drug-likeness (QED) is 0.688. The zero-order valence-corrected chi connectivity index (χ0v) is 15.9. The van der Waals surface area contributed by atoms with Gasteiger partial charge in [0, 0.05) is 19.8 Å². The number of hydrogen-bond donors (Lipinski definition) is 1. The molecule has 7 nitrogen and oxygen atoms in total. The third-order valence-electron chi connectivity index (χ3n) is 5.97. The number of rotatable bonds is 1. The van der Waals surface area contributed by atoms with E-state index in [9.17, 15) is 14.7 Å². The largest absolute Gasteiger partial charge is 0.502 e. The zero-order chi connectivity index (χ0) is 20.1. The first kappa shape index (κ1) is 17.6. The summed E-state index contributed by atoms with van der Waals surface area (Å²) in [5, 5.41) is 14.6. The van der Waals surface area contributed by atoms with Crippen LogP contribution in [0.4, 0.5) is 0 Å². The van der Waals surface area contributed by atoms with Crippen LogP contribution in [0.1, 0.15) is 44.8 Å². The van der Waals surface area contributed by atoms with Crippen LogP contribution < -0.4 is 5.43 Å². The Morgan fingerprint density at radius 2 is 1.83 bits per heavy atom. The van der Waals surface area contributed by atoms with Gasteiger partial charge < -0.3 is 10.0 Å². The molecule has 5 rings (SSSR count). The number of benzene rings is 1. The Morgan fingerprint density at radius 3 is 2.69 bits per heavy atom. The van der Waals surface area contributed by atoms with E-state index < -0.39 is 17.1 Å². The van der Waals surface area contributed by atoms with Crippen LogP contribution in [0.2, 0.25) is 0 Å². The van der Waals surface area contributed by atoms with Crippen molar-refractivity contribution in [1.82, 2.24) is 19.7 Å². The van der Waals surface area contributed by atoms with Crippen molar-refractivity contribution >= 4 is 5.91 Å². The summed E-state index contributed by atoms with van der Waals surface area (Å²) in [7, 11) is 1.68. The topological polar surface area (TPSA) is 88.3 Å². The van der Waals surface area contributed by atoms with Crippen LogP contribution in [0.15, 0.2) is 53.6 Å². The lowest BCUT2D eigenvalue weighted by Crippen LogP contribution is -2.45. The lowest BCUT2D eigenvalue weighted by molar-refractivity contribution is 0.0685. The van der Waals surface area contributed by atoms with Crippen LogP contribution in [0, 0.1) is 0 Å². The predicted octanol–water partition coefficient (Wildman–Crippen LogP) is 1.90. The first-order valence-electron chi connectivity index (χ1n) is 9.64. The van der Waals surface area contributed by atoms with E-state index in [1.54, 1.807) is 13.2 Å². The van der Waals surface area contributed by atoms with Crippen LogP contribution in [-0.2, 0) is 12.8 Å². The number of pyridine rings is 1. The number of hydrogen-bond acceptors (Lipinski definition) is 5. The molecule has 1 N–H and O–H groups in total. The summed E-state index contributed by atoms with van der Waals surface area (Å²) in [6, 6.07) is 12.0. The number of carbonyl (C=O) groups excluding carboxylic acids is 1. The maximum absolute atomic E-state index is 12.7. The van der Waals surface area contributed by atoms with Gasteiger partial charge in [0.25, 0.3) is 5.91 Å². The van der Waals surface area contributed by atoms with E-state index in [1.165, 1.54) is 20.7 Å². The first-order valence-corrected chi connectivity index (χ1v) is 9.64. The lowest BCUT2D eigenvalue weighted by atomic mass is 9.84. The molecule has 1 unspecified atom stereocenters. The van der Waals surface area contributed by atoms with Gasteiger partial charge in [0.05, 0.1) is 23.9 Å². The van der Waals surface area contributed by atoms with Gasteiger partial charge in [-0.05, 0) is 35.6 Å². The van der Waals surface area contributed by atoms with Gasteiger partial charge in [-0.3, -0.25) is 19.3 Å². The second kappa shape index (κ2) is 6.55. The molecule has 0 spiro atoms. The van der Waals surface area contributed by atoms with E-state index in [4.69, 9.17) is 4.98 Å². The molecule has 3 heterocycles. The van der Waals surface area contributed by atoms with E-state index in [0.717, 1.165) is 30.3 Å². The van der Waals surface area contributed by atoms with E-state index in [2.05, 4.69) is 23.3 Å². The van der Waals surface area contributed by atoms with Crippen molar-refractivity contribution in [2.24, 2.45) is 0 Å². The van der Waals surface area contributed by atoms with Gasteiger partial charge in [0.1, 0.15) is 0 Å². The maximum Gasteiger partial charge on any atom is 0.275 e. The molecule has 3 aromatic rings. The minimum Gasteiger partial charge on any atom is -0.502 e. The highest BCUT2D eigenvalue weighted by Crippen LogP contribution is 2.42. The smallest absolute Gasteiger partial charge is 0.275 e. The van der Waals surface area contributed by atoms with Crippen LogP contribution >= 0.6 is 0 Å². The Bertz CT molecular complexity index is 1140. The monoisotopic (exact) mass is 388 g/mol. The molecule has 1 aliphatic carbocycles. The van der Waals surface area contributed by atoms with E-state index in [1.807, 2.05) is 18.2 Å². The van der Waals surface area contributed by atoms with Gasteiger partial charge in [-0.25, -0.2) is 0 Å². The number of aromatic nitrogens is 3. The number of likely N-dealkylation sites (N-methyl/N-ethyl adjacent to an activating group) is 1. The maximum atomic E-state index is 12.7. The molecule has 2 atom stereocenters. The fraction of sp³-hybridized carbons (Fsp3) is 0.273. The van der Waals surface area contributed by atoms with E-state index >= 15 is 0 Å². The van der Waals surface area contributed by atoms with Crippen molar-refractivity contribution in [2.75, 3.05) is 13.6 Å². The summed E-state index contributed by atoms with van der Waals surface area (Å²) < 4.78 is 1.52. The molecule has 7 heteroatoms. The van der Waals surface area contributed by atoms with Crippen molar-refractivity contribution in [3.8, 4) is 5.75 Å². The number of aryl methyl sites for hydroxylation is 2. The summed E-state index contributed by atoms with van der Waals surface area (Å²) in [4.78, 5) is 31.0. The second-order valence-electron chi connectivity index (χ2n) is 7.63. The van der Waals surface area contributed by atoms with Gasteiger partial charge in [-0.2, -0.15) is 5.10 Å². The SMILES string of the molecule is CN1C[C@H](C2c3ccccc3CCc3cccnc32)n2ncc(=O)c(O)c2C1=O. The summed E-state index contributed by atoms with van der Waals surface area (Å²) in [5.41, 5.74) is 3.79. The van der Waals surface area contributed by atoms with Gasteiger partial charge >= 0.3 is 0 Å². The molecule has 0 fully saturated rings. The van der Waals surface area contributed by atoms with Crippen LogP contribution in [0.5, 0.6) is 5.75 Å². The van der Waals surface area contributed by atoms with Crippen molar-refractivity contribution in [3.05, 3.63) is 87.1 Å². The molecule has 2 aromatic heterocycles. The molecule has 1 aromatic carbocycles. The normalized spacial score (nSPS) is 20.4. The first-order chi connectivity index (χ1) is 14.1. The Kier molecular flexibility index (Phi) is 3.97. The van der Waals surface area contributed by atoms with Crippen molar-refractivity contribution in [3.63, 3.8) is 0 Å². The molecule has 1 aliphatic heterocycles. The Morgan fingerprint density at radius 1 is 1.07 bits per heavy atom. The molecular weight excluding hydrogens is 368 g/mol. The summed E-state index contributed by atoms with van der Waals surface area (Å²) in [6.07, 6.45) is 4.65. The fourth-order valence-electron chi connectivity index (χ4n) is 4.59. The van der Waals surface area contributed by atoms with Gasteiger partial charge in [0.15, 0.2) is 11.4 Å². The molecule has 0 radical (unpaired) electrons. The van der Waals surface area contributed by atoms with Crippen molar-refractivity contribution in [2.45, 2.75) is 24.8 Å². The van der Waals surface area contributed by atoms with Gasteiger partial charge in [0.2, 0.25) is 5.43 Å². The molecular formula is C22H20N4O3. The van der Waals surface area contributed by atoms with Crippen molar-refractivity contribution < 1.29 is 9.90 Å². The predicted molar refractivity (Wildman–Crippen MR) is 106 cm³/mol. The highest BCUT2D eigenvalue weighted by Gasteiger charge is 2.40. The number of aromatic hydroxyl groups is 1. The zero-order valence-electron chi connectivity index (χ0n) is 15.9. The molecule has 29 heavy (non-hydrogen) atoms. The average molecular weight is 388 g/mol. The van der Waals surface area contributed by atoms with Gasteiger partial charge in [-0.15, -0.1) is 0 Å². The van der Waals surface area contributed by atoms with Crippen molar-refractivity contribution in [1.29, 1.82) is 0 Å². The van der Waals surface area contributed by atoms with Crippen LogP contribution in [0.3, 0.4) is 0 Å². The van der Waals surface area contributed by atoms with Crippen LogP contribution in [-0.4, -0.2) is 44.3 Å². The van der Waals surface area contributed by atoms with E-state index in [-0.39, 0.29) is 17.7 Å². The molecule has 2 aliphatic rings. The second-order valence-corrected chi connectivity index (χ2v) is 7.63. The molecule has 1 amide bonds. The number of carbonyl (C=O) groups is 1. The number of nitrogens with zero attached hydrogens (tertiary/aromatic N) is 4. The standard InChI is InChI=1S/C22H20N4O3/c1-25-12-16(26-20(22(25)29)21(28)17(27)11-24-26)18-15-7-3-2-5-13(15)8-9-14-6-4-10-23-19(14)18/h2-7,10-11,16,18,28H,8-9,12H2,1H3/t16-,18?/m1/s1. The average Bonchev–Trinajstić information content (AvgIpc) is 2.90. The molecule has 0 bridgehead atoms. The number of fused-ring (bicyclic) bond motifs is 3. The fourth-order valence-corrected chi connectivity index (χ4v) is 4.59. The molecule has 0 saturated carbocycles. The summed E-state index contributed by atoms with van der Waals surface area (Å²) in [5.74, 6) is -1.12.